The van der Waals surface area contributed by atoms with Crippen molar-refractivity contribution in [2.45, 2.75) is 95.7 Å². The highest BCUT2D eigenvalue weighted by molar-refractivity contribution is 6.61. The highest BCUT2D eigenvalue weighted by Gasteiger charge is 2.76. The van der Waals surface area contributed by atoms with Gasteiger partial charge in [-0.25, -0.2) is 4.79 Å². The van der Waals surface area contributed by atoms with E-state index in [1.165, 1.54) is 6.42 Å². The topological polar surface area (TPSA) is 99.1 Å². The second kappa shape index (κ2) is 9.00. The van der Waals surface area contributed by atoms with Gasteiger partial charge in [-0.2, -0.15) is 0 Å². The fourth-order valence-electron chi connectivity index (χ4n) is 9.44. The predicted octanol–water partition coefficient (Wildman–Crippen LogP) is 4.88. The molecule has 5 fully saturated rings. The third-order valence-corrected chi connectivity index (χ3v) is 11.1. The van der Waals surface area contributed by atoms with Crippen molar-refractivity contribution < 1.29 is 33.7 Å². The van der Waals surface area contributed by atoms with Crippen molar-refractivity contribution in [1.82, 2.24) is 0 Å². The van der Waals surface area contributed by atoms with E-state index >= 15 is 0 Å². The molecule has 202 valence electrons. The molecule has 0 bridgehead atoms. The van der Waals surface area contributed by atoms with Gasteiger partial charge in [-0.1, -0.05) is 44.8 Å². The summed E-state index contributed by atoms with van der Waals surface area (Å²) in [6.07, 6.45) is 11.8. The molecule has 1 aliphatic heterocycles. The molecule has 1 heterocycles. The maximum absolute atomic E-state index is 14.0. The van der Waals surface area contributed by atoms with Gasteiger partial charge in [-0.05, 0) is 62.5 Å². The summed E-state index contributed by atoms with van der Waals surface area (Å²) in [5.41, 5.74) is -2.32. The van der Waals surface area contributed by atoms with Gasteiger partial charge in [0, 0.05) is 34.3 Å². The lowest BCUT2D eigenvalue weighted by Crippen LogP contribution is -2.63. The molecule has 0 radical (unpaired) electrons. The zero-order valence-electron chi connectivity index (χ0n) is 21.6. The normalized spacial score (nSPS) is 46.9. The Labute approximate surface area is 222 Å². The quantitative estimate of drug-likeness (QED) is 0.515. The lowest BCUT2D eigenvalue weighted by Gasteiger charge is -2.59. The van der Waals surface area contributed by atoms with Crippen molar-refractivity contribution in [3.8, 4) is 0 Å². The average molecular weight is 533 g/mol. The van der Waals surface area contributed by atoms with Crippen molar-refractivity contribution in [1.29, 1.82) is 0 Å². The number of hydrogen-bond acceptors (Lipinski definition) is 7. The number of rotatable bonds is 4. The van der Waals surface area contributed by atoms with Crippen LogP contribution in [0.4, 0.5) is 4.79 Å². The zero-order valence-corrected chi connectivity index (χ0v) is 22.4. The van der Waals surface area contributed by atoms with Gasteiger partial charge in [-0.3, -0.25) is 9.59 Å². The van der Waals surface area contributed by atoms with Gasteiger partial charge in [0.1, 0.15) is 0 Å². The third kappa shape index (κ3) is 3.67. The summed E-state index contributed by atoms with van der Waals surface area (Å²) in [5.74, 6) is 0.0691. The molecule has 1 saturated heterocycles. The molecular formula is C29H37ClO7. The molecular weight excluding hydrogens is 496 g/mol. The van der Waals surface area contributed by atoms with Gasteiger partial charge in [0.2, 0.25) is 5.78 Å². The first-order valence-corrected chi connectivity index (χ1v) is 14.3. The van der Waals surface area contributed by atoms with Crippen LogP contribution in [0.2, 0.25) is 0 Å². The molecule has 4 saturated carbocycles. The van der Waals surface area contributed by atoms with Gasteiger partial charge in [0.15, 0.2) is 24.3 Å². The summed E-state index contributed by atoms with van der Waals surface area (Å²) < 4.78 is 18.4. The summed E-state index contributed by atoms with van der Waals surface area (Å²) in [5, 5.41) is 11.8. The van der Waals surface area contributed by atoms with Gasteiger partial charge >= 0.3 is 5.43 Å². The van der Waals surface area contributed by atoms with Crippen LogP contribution in [0.3, 0.4) is 0 Å². The van der Waals surface area contributed by atoms with E-state index < -0.39 is 47.0 Å². The monoisotopic (exact) mass is 532 g/mol. The van der Waals surface area contributed by atoms with Gasteiger partial charge in [0.25, 0.3) is 0 Å². The fraction of sp³-hybridized carbons (Fsp3) is 0.759. The number of hydrogen-bond donors (Lipinski definition) is 1. The first kappa shape index (κ1) is 25.7. The van der Waals surface area contributed by atoms with Crippen LogP contribution in [0, 0.1) is 34.5 Å². The number of allylic oxidation sites excluding steroid dienone is 4. The maximum Gasteiger partial charge on any atom is 0.404 e. The van der Waals surface area contributed by atoms with E-state index in [-0.39, 0.29) is 35.2 Å². The number of ether oxygens (including phenoxy) is 3. The first-order valence-electron chi connectivity index (χ1n) is 13.9. The smallest absolute Gasteiger partial charge is 0.404 e. The molecule has 0 amide bonds. The zero-order chi connectivity index (χ0) is 26.2. The number of aliphatic hydroxyl groups is 1. The van der Waals surface area contributed by atoms with Crippen LogP contribution in [0.15, 0.2) is 23.8 Å². The second-order valence-corrected chi connectivity index (χ2v) is 13.0. The first-order chi connectivity index (χ1) is 17.6. The highest BCUT2D eigenvalue weighted by Crippen LogP contribution is 2.70. The van der Waals surface area contributed by atoms with Gasteiger partial charge in [-0.15, -0.1) is 0 Å². The largest absolute Gasteiger partial charge is 0.446 e. The Morgan fingerprint density at radius 2 is 1.95 bits per heavy atom. The number of ketones is 2. The molecule has 9 atom stereocenters. The van der Waals surface area contributed by atoms with Crippen LogP contribution in [0.5, 0.6) is 0 Å². The van der Waals surface area contributed by atoms with Crippen LogP contribution in [-0.2, 0) is 23.8 Å². The molecule has 6 aliphatic rings. The molecule has 37 heavy (non-hydrogen) atoms. The van der Waals surface area contributed by atoms with E-state index in [0.717, 1.165) is 44.1 Å². The molecule has 2 unspecified atom stereocenters. The van der Waals surface area contributed by atoms with Crippen molar-refractivity contribution in [3.63, 3.8) is 0 Å². The predicted molar refractivity (Wildman–Crippen MR) is 135 cm³/mol. The Balaban J connectivity index is 1.37. The molecule has 5 aliphatic carbocycles. The summed E-state index contributed by atoms with van der Waals surface area (Å²) in [7, 11) is 0. The Bertz CT molecular complexity index is 1060. The van der Waals surface area contributed by atoms with E-state index in [4.69, 9.17) is 25.8 Å². The summed E-state index contributed by atoms with van der Waals surface area (Å²) in [6, 6.07) is 0. The van der Waals surface area contributed by atoms with Crippen LogP contribution in [0.25, 0.3) is 0 Å². The molecule has 0 spiro atoms. The third-order valence-electron chi connectivity index (χ3n) is 11.0. The minimum Gasteiger partial charge on any atom is -0.446 e. The Kier molecular flexibility index (Phi) is 6.26. The number of carbonyl (C=O) groups excluding carboxylic acids is 3. The number of Topliss-reactive ketones (excluding diaryl/α,β-unsaturated/α-hetero) is 1. The van der Waals surface area contributed by atoms with Crippen LogP contribution in [0.1, 0.15) is 71.6 Å². The van der Waals surface area contributed by atoms with E-state index in [1.54, 1.807) is 12.2 Å². The molecule has 0 aromatic heterocycles. The van der Waals surface area contributed by atoms with Crippen LogP contribution in [-0.4, -0.2) is 52.8 Å². The lowest BCUT2D eigenvalue weighted by molar-refractivity contribution is -0.209. The highest BCUT2D eigenvalue weighted by atomic mass is 35.5. The van der Waals surface area contributed by atoms with Gasteiger partial charge < -0.3 is 19.3 Å². The average Bonchev–Trinajstić information content (AvgIpc) is 3.36. The Hall–Kier alpha value is -1.54. The summed E-state index contributed by atoms with van der Waals surface area (Å²) >= 11 is 5.44. The standard InChI is InChI=1S/C29H37ClO7/c1-27-11-10-18(31)12-17(27)8-9-19-20-13-23-29(22(33)15-35-26(30)34,28(20,2)14-21(32)24(19)27)37-25(36-23)16-6-4-3-5-7-16/h10-12,16,19-21,23-25,32H,3-9,13-15H2,1-2H3/t19-,20?,21-,23+,24?,25+,27-,28-,29+/m0/s1. The van der Waals surface area contributed by atoms with Gasteiger partial charge in [0.05, 0.1) is 12.2 Å². The number of aliphatic hydroxyl groups excluding tert-OH is 1. The summed E-state index contributed by atoms with van der Waals surface area (Å²) in [4.78, 5) is 37.5. The molecule has 7 nitrogen and oxygen atoms in total. The SMILES string of the molecule is C[C@]12C=CC(=O)C=C1CC[C@@H]1C2[C@@H](O)C[C@@]2(C)C1C[C@H]1O[C@@H](C3CCCCC3)O[C@]12C(=O)COC(=O)Cl. The van der Waals surface area contributed by atoms with Crippen molar-refractivity contribution in [2.24, 2.45) is 34.5 Å². The van der Waals surface area contributed by atoms with E-state index in [2.05, 4.69) is 13.8 Å². The van der Waals surface area contributed by atoms with E-state index in [1.807, 2.05) is 6.08 Å². The molecule has 0 aromatic carbocycles. The molecule has 0 aromatic rings. The molecule has 8 heteroatoms. The Morgan fingerprint density at radius 3 is 2.68 bits per heavy atom. The summed E-state index contributed by atoms with van der Waals surface area (Å²) in [6.45, 7) is 3.73. The van der Waals surface area contributed by atoms with Crippen LogP contribution < -0.4 is 0 Å². The Morgan fingerprint density at radius 1 is 1.19 bits per heavy atom. The fourth-order valence-corrected chi connectivity index (χ4v) is 9.50. The van der Waals surface area contributed by atoms with Crippen LogP contribution >= 0.6 is 11.6 Å². The van der Waals surface area contributed by atoms with E-state index in [0.29, 0.717) is 12.8 Å². The number of carbonyl (C=O) groups is 3. The molecule has 1 N–H and O–H groups in total. The lowest BCUT2D eigenvalue weighted by atomic mass is 9.46. The number of halogens is 1. The minimum absolute atomic E-state index is 0.00500. The maximum atomic E-state index is 14.0. The van der Waals surface area contributed by atoms with E-state index in [9.17, 15) is 19.5 Å². The van der Waals surface area contributed by atoms with Crippen molar-refractivity contribution in [3.05, 3.63) is 23.8 Å². The van der Waals surface area contributed by atoms with Crippen molar-refractivity contribution in [2.75, 3.05) is 6.61 Å². The molecule has 6 rings (SSSR count). The second-order valence-electron chi connectivity index (χ2n) is 12.6. The minimum atomic E-state index is -1.30. The van der Waals surface area contributed by atoms with Crippen molar-refractivity contribution >= 4 is 28.6 Å². The number of fused-ring (bicyclic) bond motifs is 7.